The molecule has 0 bridgehead atoms. The molecule has 0 spiro atoms. The normalized spacial score (nSPS) is 52.5. The Morgan fingerprint density at radius 1 is 0.778 bits per heavy atom. The molecule has 2 saturated heterocycles. The van der Waals surface area contributed by atoms with Crippen LogP contribution in [0, 0.1) is 45.3 Å². The zero-order valence-corrected chi connectivity index (χ0v) is 33.5. The van der Waals surface area contributed by atoms with Crippen molar-refractivity contribution in [3.05, 3.63) is 11.6 Å². The molecule has 54 heavy (non-hydrogen) atoms. The molecular weight excluding hydrogens is 700 g/mol. The van der Waals surface area contributed by atoms with E-state index in [1.807, 2.05) is 20.8 Å². The maximum Gasteiger partial charge on any atom is 0.187 e. The van der Waals surface area contributed by atoms with Gasteiger partial charge < -0.3 is 64.9 Å². The van der Waals surface area contributed by atoms with E-state index >= 15 is 0 Å². The van der Waals surface area contributed by atoms with Gasteiger partial charge in [-0.2, -0.15) is 0 Å². The average molecular weight is 771 g/mol. The Bertz CT molecular complexity index is 1360. The highest BCUT2D eigenvalue weighted by atomic mass is 16.7. The third-order valence-corrected chi connectivity index (χ3v) is 16.2. The van der Waals surface area contributed by atoms with Gasteiger partial charge in [-0.1, -0.05) is 46.3 Å². The van der Waals surface area contributed by atoms with E-state index in [0.29, 0.717) is 32.1 Å². The highest BCUT2D eigenvalue weighted by Crippen LogP contribution is 2.76. The van der Waals surface area contributed by atoms with Crippen molar-refractivity contribution in [2.24, 2.45) is 45.3 Å². The van der Waals surface area contributed by atoms with Crippen LogP contribution in [0.4, 0.5) is 0 Å². The molecule has 20 atom stereocenters. The molecule has 0 unspecified atom stereocenters. The average Bonchev–Trinajstić information content (AvgIpc) is 3.61. The van der Waals surface area contributed by atoms with Crippen molar-refractivity contribution in [1.29, 1.82) is 0 Å². The van der Waals surface area contributed by atoms with E-state index in [-0.39, 0.29) is 46.5 Å². The molecule has 4 saturated carbocycles. The minimum atomic E-state index is -1.66. The van der Waals surface area contributed by atoms with Crippen molar-refractivity contribution >= 4 is 0 Å². The minimum Gasteiger partial charge on any atom is -0.394 e. The molecule has 9 N–H and O–H groups in total. The quantitative estimate of drug-likeness (QED) is 0.145. The number of hydrogen-bond donors (Lipinski definition) is 9. The summed E-state index contributed by atoms with van der Waals surface area (Å²) in [6.45, 7) is 16.1. The lowest BCUT2D eigenvalue weighted by Gasteiger charge is -2.71. The fourth-order valence-corrected chi connectivity index (χ4v) is 13.2. The Balaban J connectivity index is 1.28. The Morgan fingerprint density at radius 3 is 2.04 bits per heavy atom. The monoisotopic (exact) mass is 770 g/mol. The summed E-state index contributed by atoms with van der Waals surface area (Å²) in [6, 6.07) is 0. The molecule has 0 radical (unpaired) electrons. The third-order valence-electron chi connectivity index (χ3n) is 16.2. The summed E-state index contributed by atoms with van der Waals surface area (Å²) < 4.78 is 24.1. The topological polar surface area (TPSA) is 219 Å². The molecule has 312 valence electrons. The minimum absolute atomic E-state index is 0.109. The summed E-state index contributed by atoms with van der Waals surface area (Å²) in [5.74, 6) is -0.397. The molecule has 6 fully saturated rings. The molecule has 2 heterocycles. The predicted octanol–water partition coefficient (Wildman–Crippen LogP) is 1.76. The van der Waals surface area contributed by atoms with Crippen LogP contribution in [0.15, 0.2) is 11.6 Å². The fraction of sp³-hybridized carbons (Fsp3) is 0.951. The molecular formula is C41H70O13. The van der Waals surface area contributed by atoms with Crippen molar-refractivity contribution in [3.8, 4) is 0 Å². The molecule has 13 nitrogen and oxygen atoms in total. The molecule has 6 rings (SSSR count). The largest absolute Gasteiger partial charge is 0.394 e. The first-order valence-corrected chi connectivity index (χ1v) is 20.4. The van der Waals surface area contributed by atoms with Crippen LogP contribution in [0.25, 0.3) is 0 Å². The maximum absolute atomic E-state index is 12.4. The Kier molecular flexibility index (Phi) is 12.0. The molecule has 0 aromatic heterocycles. The van der Waals surface area contributed by atoms with Crippen molar-refractivity contribution < 1.29 is 64.9 Å². The first kappa shape index (κ1) is 42.8. The SMILES string of the molecule is CC(C)=CCC[C@](C)(O[C@H]1O[C@@H](CO[C@@H]2O[C@H](CO)[C@H](O)[C@@H]2O)[C@H](O)[C@@H](O)[C@@H]1O)[C@@H]1CC[C@]2(C)[C@@H]1[C@H](O)C[C@@H]1[C@]3(C)CC[C@H](O)C(C)(C)[C@@H]3[C@H](O)C[C@@]12C. The highest BCUT2D eigenvalue weighted by molar-refractivity contribution is 5.22. The number of aliphatic hydroxyl groups excluding tert-OH is 9. The van der Waals surface area contributed by atoms with E-state index in [1.54, 1.807) is 0 Å². The number of ether oxygens (including phenoxy) is 4. The van der Waals surface area contributed by atoms with Crippen molar-refractivity contribution in [3.63, 3.8) is 0 Å². The second-order valence-electron chi connectivity index (χ2n) is 19.8. The number of rotatable bonds is 10. The van der Waals surface area contributed by atoms with Crippen LogP contribution in [0.3, 0.4) is 0 Å². The zero-order valence-electron chi connectivity index (χ0n) is 33.5. The summed E-state index contributed by atoms with van der Waals surface area (Å²) in [4.78, 5) is 0. The first-order chi connectivity index (χ1) is 25.1. The summed E-state index contributed by atoms with van der Waals surface area (Å²) >= 11 is 0. The summed E-state index contributed by atoms with van der Waals surface area (Å²) in [5, 5.41) is 98.8. The number of fused-ring (bicyclic) bond motifs is 5. The maximum atomic E-state index is 12.4. The summed E-state index contributed by atoms with van der Waals surface area (Å²) in [6.07, 6.45) is -7.06. The third kappa shape index (κ3) is 6.76. The number of aliphatic hydroxyl groups is 9. The predicted molar refractivity (Wildman–Crippen MR) is 196 cm³/mol. The van der Waals surface area contributed by atoms with E-state index in [2.05, 4.69) is 40.7 Å². The molecule has 4 aliphatic carbocycles. The van der Waals surface area contributed by atoms with Gasteiger partial charge in [0.15, 0.2) is 12.6 Å². The van der Waals surface area contributed by atoms with Gasteiger partial charge in [0.05, 0.1) is 37.1 Å². The highest BCUT2D eigenvalue weighted by Gasteiger charge is 2.73. The zero-order chi connectivity index (χ0) is 39.9. The number of allylic oxidation sites excluding steroid dienone is 2. The van der Waals surface area contributed by atoms with Crippen molar-refractivity contribution in [2.75, 3.05) is 13.2 Å². The van der Waals surface area contributed by atoms with Gasteiger partial charge in [-0.15, -0.1) is 0 Å². The van der Waals surface area contributed by atoms with Crippen molar-refractivity contribution in [1.82, 2.24) is 0 Å². The van der Waals surface area contributed by atoms with Crippen LogP contribution in [0.1, 0.15) is 107 Å². The van der Waals surface area contributed by atoms with Gasteiger partial charge in [-0.3, -0.25) is 0 Å². The van der Waals surface area contributed by atoms with Gasteiger partial charge >= 0.3 is 0 Å². The Morgan fingerprint density at radius 2 is 1.41 bits per heavy atom. The molecule has 0 aromatic carbocycles. The second kappa shape index (κ2) is 15.1. The van der Waals surface area contributed by atoms with Gasteiger partial charge in [-0.05, 0) is 117 Å². The van der Waals surface area contributed by atoms with E-state index < -0.39 is 91.2 Å². The standard InChI is InChI=1S/C41H70O13/c1-20(2)10-9-13-41(8,54-36-33(50)31(48)30(47)25(53-36)19-51-35-32(49)29(46)24(18-42)52-35)21-11-15-39(6)28(21)22(43)16-26-38(5)14-12-27(45)37(3,4)34(38)23(44)17-40(26,39)7/h10,21-36,42-50H,9,11-19H2,1-8H3/t21-,22-,23-,24-,25+,26-,27+,28+,29+,30+,31-,32+,33+,34+,35-,36-,38+,39-,40+,41+/m1/s1. The van der Waals surface area contributed by atoms with Gasteiger partial charge in [0, 0.05) is 0 Å². The van der Waals surface area contributed by atoms with Gasteiger partial charge in [0.25, 0.3) is 0 Å². The van der Waals surface area contributed by atoms with Crippen molar-refractivity contribution in [2.45, 2.75) is 186 Å². The molecule has 0 aromatic rings. The first-order valence-electron chi connectivity index (χ1n) is 20.4. The van der Waals surface area contributed by atoms with Crippen LogP contribution < -0.4 is 0 Å². The summed E-state index contributed by atoms with van der Waals surface area (Å²) in [7, 11) is 0. The Hall–Kier alpha value is -0.780. The number of hydrogen-bond acceptors (Lipinski definition) is 13. The van der Waals surface area contributed by atoms with E-state index in [1.165, 1.54) is 0 Å². The van der Waals surface area contributed by atoms with Gasteiger partial charge in [-0.25, -0.2) is 0 Å². The van der Waals surface area contributed by atoms with Crippen LogP contribution in [-0.4, -0.2) is 138 Å². The van der Waals surface area contributed by atoms with E-state index in [9.17, 15) is 46.0 Å². The van der Waals surface area contributed by atoms with Gasteiger partial charge in [0.2, 0.25) is 0 Å². The Labute approximate surface area is 320 Å². The van der Waals surface area contributed by atoms with Crippen LogP contribution in [-0.2, 0) is 18.9 Å². The molecule has 6 aliphatic rings. The van der Waals surface area contributed by atoms with Crippen LogP contribution >= 0.6 is 0 Å². The lowest BCUT2D eigenvalue weighted by Crippen LogP contribution is -2.70. The second-order valence-corrected chi connectivity index (χ2v) is 19.8. The fourth-order valence-electron chi connectivity index (χ4n) is 13.2. The lowest BCUT2D eigenvalue weighted by atomic mass is 9.34. The van der Waals surface area contributed by atoms with Crippen LogP contribution in [0.5, 0.6) is 0 Å². The molecule has 2 aliphatic heterocycles. The molecule has 0 amide bonds. The smallest absolute Gasteiger partial charge is 0.187 e. The van der Waals surface area contributed by atoms with E-state index in [0.717, 1.165) is 24.8 Å². The molecule has 13 heteroatoms. The summed E-state index contributed by atoms with van der Waals surface area (Å²) in [5.41, 5.74) is -1.30. The van der Waals surface area contributed by atoms with Gasteiger partial charge in [0.1, 0.15) is 42.7 Å². The lowest BCUT2D eigenvalue weighted by molar-refractivity contribution is -0.341. The van der Waals surface area contributed by atoms with E-state index in [4.69, 9.17) is 18.9 Å². The van der Waals surface area contributed by atoms with Crippen LogP contribution in [0.2, 0.25) is 0 Å².